The summed E-state index contributed by atoms with van der Waals surface area (Å²) in [5.41, 5.74) is 0.397. The largest absolute Gasteiger partial charge is 0.396 e. The third kappa shape index (κ3) is 3.17. The Morgan fingerprint density at radius 2 is 2.28 bits per heavy atom. The molecule has 1 atom stereocenters. The predicted octanol–water partition coefficient (Wildman–Crippen LogP) is 2.23. The van der Waals surface area contributed by atoms with Gasteiger partial charge in [0.05, 0.1) is 5.69 Å². The van der Waals surface area contributed by atoms with Crippen molar-refractivity contribution >= 4 is 23.0 Å². The summed E-state index contributed by atoms with van der Waals surface area (Å²) in [5.74, 6) is -0.0466. The summed E-state index contributed by atoms with van der Waals surface area (Å²) in [6, 6.07) is 6.47. The van der Waals surface area contributed by atoms with E-state index in [0.29, 0.717) is 10.8 Å². The molecule has 0 aromatic heterocycles. The quantitative estimate of drug-likeness (QED) is 0.806. The summed E-state index contributed by atoms with van der Waals surface area (Å²) < 4.78 is 13.5. The molecule has 1 aromatic rings. The third-order valence-electron chi connectivity index (χ3n) is 3.18. The molecule has 0 unspecified atom stereocenters. The van der Waals surface area contributed by atoms with Crippen molar-refractivity contribution in [3.63, 3.8) is 0 Å². The zero-order valence-electron chi connectivity index (χ0n) is 10.1. The molecule has 1 heterocycles. The molecule has 1 saturated heterocycles. The van der Waals surface area contributed by atoms with Crippen molar-refractivity contribution in [3.8, 4) is 0 Å². The highest BCUT2D eigenvalue weighted by molar-refractivity contribution is 7.80. The summed E-state index contributed by atoms with van der Waals surface area (Å²) in [4.78, 5) is 1.99. The number of rotatable bonds is 2. The summed E-state index contributed by atoms with van der Waals surface area (Å²) in [5, 5.41) is 12.6. The zero-order chi connectivity index (χ0) is 13.0. The fourth-order valence-electron chi connectivity index (χ4n) is 2.16. The predicted molar refractivity (Wildman–Crippen MR) is 74.0 cm³/mol. The molecule has 0 bridgehead atoms. The van der Waals surface area contributed by atoms with E-state index in [9.17, 15) is 9.50 Å². The van der Waals surface area contributed by atoms with Crippen LogP contribution >= 0.6 is 12.2 Å². The van der Waals surface area contributed by atoms with Crippen LogP contribution in [0.5, 0.6) is 0 Å². The van der Waals surface area contributed by atoms with Gasteiger partial charge in [-0.2, -0.15) is 0 Å². The number of piperidine rings is 1. The molecule has 1 aromatic carbocycles. The van der Waals surface area contributed by atoms with Crippen molar-refractivity contribution in [3.05, 3.63) is 30.1 Å². The lowest BCUT2D eigenvalue weighted by molar-refractivity contribution is 0.162. The van der Waals surface area contributed by atoms with Gasteiger partial charge >= 0.3 is 0 Å². The van der Waals surface area contributed by atoms with E-state index in [0.717, 1.165) is 25.9 Å². The van der Waals surface area contributed by atoms with Gasteiger partial charge in [-0.1, -0.05) is 12.1 Å². The van der Waals surface area contributed by atoms with Gasteiger partial charge in [-0.05, 0) is 43.1 Å². The first-order chi connectivity index (χ1) is 8.70. The first kappa shape index (κ1) is 13.2. The van der Waals surface area contributed by atoms with Crippen LogP contribution < -0.4 is 5.32 Å². The Labute approximate surface area is 112 Å². The molecule has 2 N–H and O–H groups in total. The molecule has 0 spiro atoms. The van der Waals surface area contributed by atoms with Crippen LogP contribution in [0.3, 0.4) is 0 Å². The van der Waals surface area contributed by atoms with Crippen molar-refractivity contribution in [2.24, 2.45) is 5.92 Å². The van der Waals surface area contributed by atoms with E-state index in [4.69, 9.17) is 12.2 Å². The molecule has 5 heteroatoms. The van der Waals surface area contributed by atoms with Crippen molar-refractivity contribution < 1.29 is 9.50 Å². The molecule has 1 aliphatic heterocycles. The molecule has 1 aliphatic rings. The van der Waals surface area contributed by atoms with Crippen molar-refractivity contribution in [1.82, 2.24) is 4.90 Å². The van der Waals surface area contributed by atoms with Crippen LogP contribution in [0.2, 0.25) is 0 Å². The SMILES string of the molecule is OC[C@@H]1CCCN(C(=S)Nc2ccccc2F)C1. The van der Waals surface area contributed by atoms with E-state index in [1.54, 1.807) is 18.2 Å². The topological polar surface area (TPSA) is 35.5 Å². The van der Waals surface area contributed by atoms with Gasteiger partial charge in [0.25, 0.3) is 0 Å². The van der Waals surface area contributed by atoms with Gasteiger partial charge < -0.3 is 15.3 Å². The summed E-state index contributed by atoms with van der Waals surface area (Å²) in [6.07, 6.45) is 2.03. The summed E-state index contributed by atoms with van der Waals surface area (Å²) >= 11 is 5.28. The lowest BCUT2D eigenvalue weighted by Gasteiger charge is -2.33. The first-order valence-electron chi connectivity index (χ1n) is 6.12. The molecule has 0 amide bonds. The van der Waals surface area contributed by atoms with Crippen molar-refractivity contribution in [2.45, 2.75) is 12.8 Å². The number of nitrogens with zero attached hydrogens (tertiary/aromatic N) is 1. The zero-order valence-corrected chi connectivity index (χ0v) is 10.9. The standard InChI is InChI=1S/C13H17FN2OS/c14-11-5-1-2-6-12(11)15-13(18)16-7-3-4-10(8-16)9-17/h1-2,5-6,10,17H,3-4,7-9H2,(H,15,18)/t10-/m1/s1. The number of anilines is 1. The monoisotopic (exact) mass is 268 g/mol. The summed E-state index contributed by atoms with van der Waals surface area (Å²) in [6.45, 7) is 1.77. The molecular formula is C13H17FN2OS. The number of aliphatic hydroxyl groups excluding tert-OH is 1. The highest BCUT2D eigenvalue weighted by atomic mass is 32.1. The number of nitrogens with one attached hydrogen (secondary N) is 1. The number of likely N-dealkylation sites (tertiary alicyclic amines) is 1. The maximum atomic E-state index is 13.5. The second kappa shape index (κ2) is 6.11. The number of aliphatic hydroxyl groups is 1. The van der Waals surface area contributed by atoms with Gasteiger partial charge in [-0.25, -0.2) is 4.39 Å². The minimum atomic E-state index is -0.310. The normalized spacial score (nSPS) is 19.7. The van der Waals surface area contributed by atoms with Crippen LogP contribution in [-0.2, 0) is 0 Å². The Morgan fingerprint density at radius 3 is 3.00 bits per heavy atom. The smallest absolute Gasteiger partial charge is 0.173 e. The number of halogens is 1. The van der Waals surface area contributed by atoms with E-state index in [1.165, 1.54) is 6.07 Å². The molecule has 0 aliphatic carbocycles. The van der Waals surface area contributed by atoms with E-state index in [-0.39, 0.29) is 18.3 Å². The molecule has 2 rings (SSSR count). The second-order valence-corrected chi connectivity index (χ2v) is 4.93. The molecule has 0 saturated carbocycles. The van der Waals surface area contributed by atoms with Crippen molar-refractivity contribution in [2.75, 3.05) is 25.0 Å². The molecule has 1 fully saturated rings. The number of hydrogen-bond donors (Lipinski definition) is 2. The molecule has 0 radical (unpaired) electrons. The van der Waals surface area contributed by atoms with Gasteiger partial charge in [0, 0.05) is 19.7 Å². The van der Waals surface area contributed by atoms with Crippen LogP contribution in [0.25, 0.3) is 0 Å². The Kier molecular flexibility index (Phi) is 4.49. The summed E-state index contributed by atoms with van der Waals surface area (Å²) in [7, 11) is 0. The molecule has 18 heavy (non-hydrogen) atoms. The third-order valence-corrected chi connectivity index (χ3v) is 3.54. The highest BCUT2D eigenvalue weighted by Gasteiger charge is 2.21. The van der Waals surface area contributed by atoms with Crippen LogP contribution in [0.4, 0.5) is 10.1 Å². The van der Waals surface area contributed by atoms with Gasteiger partial charge in [0.15, 0.2) is 5.11 Å². The lowest BCUT2D eigenvalue weighted by atomic mass is 9.99. The lowest BCUT2D eigenvalue weighted by Crippen LogP contribution is -2.43. The second-order valence-electron chi connectivity index (χ2n) is 4.55. The van der Waals surface area contributed by atoms with Gasteiger partial charge in [0.1, 0.15) is 5.82 Å². The fraction of sp³-hybridized carbons (Fsp3) is 0.462. The maximum absolute atomic E-state index is 13.5. The number of hydrogen-bond acceptors (Lipinski definition) is 2. The Hall–Kier alpha value is -1.20. The Morgan fingerprint density at radius 1 is 1.50 bits per heavy atom. The van der Waals surface area contributed by atoms with E-state index < -0.39 is 0 Å². The van der Waals surface area contributed by atoms with Gasteiger partial charge in [-0.3, -0.25) is 0 Å². The van der Waals surface area contributed by atoms with E-state index in [2.05, 4.69) is 5.32 Å². The first-order valence-corrected chi connectivity index (χ1v) is 6.53. The number of thiocarbonyl (C=S) groups is 1. The highest BCUT2D eigenvalue weighted by Crippen LogP contribution is 2.18. The average molecular weight is 268 g/mol. The number of benzene rings is 1. The van der Waals surface area contributed by atoms with Gasteiger partial charge in [0.2, 0.25) is 0 Å². The van der Waals surface area contributed by atoms with Crippen molar-refractivity contribution in [1.29, 1.82) is 0 Å². The van der Waals surface area contributed by atoms with Crippen LogP contribution in [0, 0.1) is 11.7 Å². The van der Waals surface area contributed by atoms with E-state index in [1.807, 2.05) is 4.90 Å². The number of para-hydroxylation sites is 1. The maximum Gasteiger partial charge on any atom is 0.173 e. The molecule has 98 valence electrons. The Bertz CT molecular complexity index is 427. The van der Waals surface area contributed by atoms with Crippen LogP contribution in [-0.4, -0.2) is 34.8 Å². The minimum absolute atomic E-state index is 0.179. The average Bonchev–Trinajstić information content (AvgIpc) is 2.41. The van der Waals surface area contributed by atoms with Gasteiger partial charge in [-0.15, -0.1) is 0 Å². The molecule has 3 nitrogen and oxygen atoms in total. The molecular weight excluding hydrogens is 251 g/mol. The fourth-order valence-corrected chi connectivity index (χ4v) is 2.43. The Balaban J connectivity index is 1.97. The van der Waals surface area contributed by atoms with Crippen LogP contribution in [0.15, 0.2) is 24.3 Å². The van der Waals surface area contributed by atoms with E-state index >= 15 is 0 Å². The minimum Gasteiger partial charge on any atom is -0.396 e. The van der Waals surface area contributed by atoms with Crippen LogP contribution in [0.1, 0.15) is 12.8 Å².